The summed E-state index contributed by atoms with van der Waals surface area (Å²) in [5.41, 5.74) is 4.74. The standard InChI is InChI=1S/C30H34N4O/c1-33-22-25-7-2-3-8-28(25)30(23-33,29-9-4-5-16-32-29)26-14-18-34(19-15-26)17-6-20-35-27-12-10-24(21-31)11-13-27/h2-5,7-13,16,26H,6,14-15,17-20,22-23H2,1H3. The predicted octanol–water partition coefficient (Wildman–Crippen LogP) is 4.87. The summed E-state index contributed by atoms with van der Waals surface area (Å²) in [4.78, 5) is 9.99. The van der Waals surface area contributed by atoms with Crippen LogP contribution in [-0.2, 0) is 12.0 Å². The number of piperidine rings is 1. The molecule has 5 rings (SSSR count). The van der Waals surface area contributed by atoms with Gasteiger partial charge in [0.2, 0.25) is 0 Å². The first-order valence-corrected chi connectivity index (χ1v) is 12.7. The molecule has 1 atom stereocenters. The molecule has 0 amide bonds. The van der Waals surface area contributed by atoms with Gasteiger partial charge in [-0.2, -0.15) is 5.26 Å². The third-order valence-corrected chi connectivity index (χ3v) is 7.73. The van der Waals surface area contributed by atoms with Gasteiger partial charge in [0.25, 0.3) is 0 Å². The number of hydrogen-bond acceptors (Lipinski definition) is 5. The first kappa shape index (κ1) is 23.5. The van der Waals surface area contributed by atoms with Crippen molar-refractivity contribution in [3.05, 3.63) is 95.3 Å². The summed E-state index contributed by atoms with van der Waals surface area (Å²) in [5.74, 6) is 1.40. The number of nitrogens with zero attached hydrogens (tertiary/aromatic N) is 4. The third kappa shape index (κ3) is 4.96. The fraction of sp³-hybridized carbons (Fsp3) is 0.400. The van der Waals surface area contributed by atoms with Crippen LogP contribution in [-0.4, -0.2) is 54.6 Å². The number of pyridine rings is 1. The molecule has 35 heavy (non-hydrogen) atoms. The van der Waals surface area contributed by atoms with E-state index in [0.717, 1.165) is 44.9 Å². The topological polar surface area (TPSA) is 52.4 Å². The number of rotatable bonds is 7. The Morgan fingerprint density at radius 1 is 1.03 bits per heavy atom. The molecular formula is C30H34N4O. The average Bonchev–Trinajstić information content (AvgIpc) is 2.92. The van der Waals surface area contributed by atoms with E-state index in [1.54, 1.807) is 12.1 Å². The van der Waals surface area contributed by atoms with Crippen LogP contribution in [0.25, 0.3) is 0 Å². The molecule has 0 radical (unpaired) electrons. The molecule has 0 aliphatic carbocycles. The molecule has 0 spiro atoms. The van der Waals surface area contributed by atoms with E-state index in [-0.39, 0.29) is 5.41 Å². The Morgan fingerprint density at radius 2 is 1.80 bits per heavy atom. The van der Waals surface area contributed by atoms with Gasteiger partial charge < -0.3 is 14.5 Å². The van der Waals surface area contributed by atoms with Crippen molar-refractivity contribution in [3.63, 3.8) is 0 Å². The van der Waals surface area contributed by atoms with Gasteiger partial charge >= 0.3 is 0 Å². The van der Waals surface area contributed by atoms with Crippen LogP contribution in [0, 0.1) is 17.2 Å². The van der Waals surface area contributed by atoms with E-state index in [0.29, 0.717) is 18.1 Å². The molecule has 1 aromatic heterocycles. The maximum atomic E-state index is 8.93. The first-order chi connectivity index (χ1) is 17.2. The smallest absolute Gasteiger partial charge is 0.119 e. The Balaban J connectivity index is 1.24. The molecule has 2 aliphatic heterocycles. The second-order valence-electron chi connectivity index (χ2n) is 9.97. The van der Waals surface area contributed by atoms with E-state index in [2.05, 4.69) is 59.3 Å². The Hall–Kier alpha value is -3.20. The van der Waals surface area contributed by atoms with Crippen LogP contribution >= 0.6 is 0 Å². The molecule has 180 valence electrons. The minimum Gasteiger partial charge on any atom is -0.494 e. The van der Waals surface area contributed by atoms with Gasteiger partial charge in [-0.25, -0.2) is 0 Å². The molecule has 1 unspecified atom stereocenters. The van der Waals surface area contributed by atoms with Crippen molar-refractivity contribution >= 4 is 0 Å². The van der Waals surface area contributed by atoms with Crippen LogP contribution in [0.3, 0.4) is 0 Å². The number of aromatic nitrogens is 1. The van der Waals surface area contributed by atoms with E-state index in [4.69, 9.17) is 15.0 Å². The van der Waals surface area contributed by atoms with Crippen LogP contribution < -0.4 is 4.74 Å². The second-order valence-corrected chi connectivity index (χ2v) is 9.97. The second kappa shape index (κ2) is 10.6. The van der Waals surface area contributed by atoms with Crippen LogP contribution in [0.2, 0.25) is 0 Å². The van der Waals surface area contributed by atoms with Crippen molar-refractivity contribution in [1.29, 1.82) is 5.26 Å². The summed E-state index contributed by atoms with van der Waals surface area (Å²) in [6.45, 7) is 5.99. The molecule has 1 saturated heterocycles. The van der Waals surface area contributed by atoms with Gasteiger partial charge in [-0.1, -0.05) is 30.3 Å². The summed E-state index contributed by atoms with van der Waals surface area (Å²) < 4.78 is 5.89. The van der Waals surface area contributed by atoms with Crippen molar-refractivity contribution in [2.45, 2.75) is 31.2 Å². The lowest BCUT2D eigenvalue weighted by Gasteiger charge is -2.50. The Kier molecular flexibility index (Phi) is 7.13. The van der Waals surface area contributed by atoms with Gasteiger partial charge in [0.1, 0.15) is 5.75 Å². The Labute approximate surface area is 209 Å². The molecule has 2 aromatic carbocycles. The summed E-state index contributed by atoms with van der Waals surface area (Å²) >= 11 is 0. The number of nitriles is 1. The van der Waals surface area contributed by atoms with Crippen molar-refractivity contribution in [2.75, 3.05) is 39.8 Å². The van der Waals surface area contributed by atoms with Crippen molar-refractivity contribution < 1.29 is 4.74 Å². The zero-order valence-corrected chi connectivity index (χ0v) is 20.6. The summed E-state index contributed by atoms with van der Waals surface area (Å²) in [6.07, 6.45) is 5.31. The molecule has 0 saturated carbocycles. The molecule has 2 aliphatic rings. The molecule has 0 bridgehead atoms. The largest absolute Gasteiger partial charge is 0.494 e. The molecule has 3 aromatic rings. The highest BCUT2D eigenvalue weighted by molar-refractivity contribution is 5.45. The van der Waals surface area contributed by atoms with Crippen molar-refractivity contribution in [2.24, 2.45) is 5.92 Å². The van der Waals surface area contributed by atoms with E-state index in [9.17, 15) is 0 Å². The van der Waals surface area contributed by atoms with E-state index in [1.165, 1.54) is 29.7 Å². The van der Waals surface area contributed by atoms with Crippen LogP contribution in [0.1, 0.15) is 41.6 Å². The zero-order chi connectivity index (χ0) is 24.1. The lowest BCUT2D eigenvalue weighted by Crippen LogP contribution is -2.53. The molecular weight excluding hydrogens is 432 g/mol. The van der Waals surface area contributed by atoms with Gasteiger partial charge in [0, 0.05) is 25.8 Å². The molecule has 3 heterocycles. The van der Waals surface area contributed by atoms with E-state index < -0.39 is 0 Å². The van der Waals surface area contributed by atoms with Crippen LogP contribution in [0.5, 0.6) is 5.75 Å². The van der Waals surface area contributed by atoms with Gasteiger partial charge in [0.15, 0.2) is 0 Å². The van der Waals surface area contributed by atoms with E-state index >= 15 is 0 Å². The van der Waals surface area contributed by atoms with Crippen LogP contribution in [0.4, 0.5) is 0 Å². The number of ether oxygens (including phenoxy) is 1. The summed E-state index contributed by atoms with van der Waals surface area (Å²) in [5, 5.41) is 8.93. The predicted molar refractivity (Wildman–Crippen MR) is 138 cm³/mol. The maximum absolute atomic E-state index is 8.93. The summed E-state index contributed by atoms with van der Waals surface area (Å²) in [6, 6.07) is 24.9. The van der Waals surface area contributed by atoms with E-state index in [1.807, 2.05) is 24.4 Å². The number of likely N-dealkylation sites (tertiary alicyclic amines) is 1. The highest BCUT2D eigenvalue weighted by atomic mass is 16.5. The lowest BCUT2D eigenvalue weighted by molar-refractivity contribution is 0.103. The number of benzene rings is 2. The Bertz CT molecular complexity index is 1150. The molecule has 5 heteroatoms. The molecule has 0 N–H and O–H groups in total. The SMILES string of the molecule is CN1Cc2ccccc2C(c2ccccn2)(C2CCN(CCCOc3ccc(C#N)cc3)CC2)C1. The quantitative estimate of drug-likeness (QED) is 0.465. The fourth-order valence-corrected chi connectivity index (χ4v) is 6.11. The normalized spacial score (nSPS) is 21.3. The lowest BCUT2D eigenvalue weighted by atomic mass is 9.62. The monoisotopic (exact) mass is 466 g/mol. The first-order valence-electron chi connectivity index (χ1n) is 12.7. The fourth-order valence-electron chi connectivity index (χ4n) is 6.11. The van der Waals surface area contributed by atoms with Gasteiger partial charge in [0.05, 0.1) is 29.3 Å². The number of fused-ring (bicyclic) bond motifs is 1. The van der Waals surface area contributed by atoms with Crippen molar-refractivity contribution in [1.82, 2.24) is 14.8 Å². The third-order valence-electron chi connectivity index (χ3n) is 7.73. The van der Waals surface area contributed by atoms with Crippen LogP contribution in [0.15, 0.2) is 72.9 Å². The van der Waals surface area contributed by atoms with Gasteiger partial charge in [-0.3, -0.25) is 4.98 Å². The van der Waals surface area contributed by atoms with Gasteiger partial charge in [-0.05, 0) is 92.8 Å². The maximum Gasteiger partial charge on any atom is 0.119 e. The zero-order valence-electron chi connectivity index (χ0n) is 20.6. The molecule has 5 nitrogen and oxygen atoms in total. The van der Waals surface area contributed by atoms with Crippen molar-refractivity contribution in [3.8, 4) is 11.8 Å². The highest BCUT2D eigenvalue weighted by Crippen LogP contribution is 2.47. The minimum atomic E-state index is -0.0599. The average molecular weight is 467 g/mol. The minimum absolute atomic E-state index is 0.0599. The Morgan fingerprint density at radius 3 is 2.54 bits per heavy atom. The number of likely N-dealkylation sites (N-methyl/N-ethyl adjacent to an activating group) is 1. The number of hydrogen-bond donors (Lipinski definition) is 0. The summed E-state index contributed by atoms with van der Waals surface area (Å²) in [7, 11) is 2.25. The van der Waals surface area contributed by atoms with Gasteiger partial charge in [-0.15, -0.1) is 0 Å². The highest BCUT2D eigenvalue weighted by Gasteiger charge is 2.47. The molecule has 1 fully saturated rings.